The molecule has 1 saturated carbocycles. The minimum absolute atomic E-state index is 0.135. The number of aryl methyl sites for hydroxylation is 1. The first-order valence-corrected chi connectivity index (χ1v) is 9.72. The number of ether oxygens (including phenoxy) is 1. The molecule has 4 rings (SSSR count). The van der Waals surface area contributed by atoms with E-state index in [0.717, 1.165) is 0 Å². The van der Waals surface area contributed by atoms with Crippen LogP contribution in [-0.4, -0.2) is 43.1 Å². The standard InChI is InChI=1S/C20H19F2N7O3/c1-10(12-4-3-7-23-17(12)22)32-20(31)26-18-16(27-28-29(18)2)15-6-5-11(9-24-15)25-19(30)13-8-14(13)21/h3-7,9-10,13-14H,8H2,1-2H3,(H,25,30)(H,26,31)/t10-,13-,14-/m1/s1. The lowest BCUT2D eigenvalue weighted by Crippen LogP contribution is -2.19. The molecule has 3 aromatic heterocycles. The minimum Gasteiger partial charge on any atom is -0.441 e. The number of amides is 2. The molecule has 3 aromatic rings. The van der Waals surface area contributed by atoms with Crippen molar-refractivity contribution in [3.63, 3.8) is 0 Å². The number of anilines is 2. The zero-order valence-corrected chi connectivity index (χ0v) is 17.1. The maximum atomic E-state index is 13.8. The van der Waals surface area contributed by atoms with Crippen LogP contribution in [0.25, 0.3) is 11.4 Å². The fourth-order valence-electron chi connectivity index (χ4n) is 3.00. The predicted molar refractivity (Wildman–Crippen MR) is 109 cm³/mol. The summed E-state index contributed by atoms with van der Waals surface area (Å²) in [5, 5.41) is 13.0. The number of halogens is 2. The summed E-state index contributed by atoms with van der Waals surface area (Å²) >= 11 is 0. The quantitative estimate of drug-likeness (QED) is 0.561. The lowest BCUT2D eigenvalue weighted by Gasteiger charge is -2.14. The number of alkyl halides is 1. The van der Waals surface area contributed by atoms with Gasteiger partial charge in [-0.05, 0) is 37.6 Å². The number of rotatable bonds is 6. The number of nitrogens with one attached hydrogen (secondary N) is 2. The molecule has 2 amide bonds. The Bertz CT molecular complexity index is 1150. The van der Waals surface area contributed by atoms with Gasteiger partial charge in [0, 0.05) is 18.8 Å². The second-order valence-corrected chi connectivity index (χ2v) is 7.25. The van der Waals surface area contributed by atoms with Gasteiger partial charge in [-0.15, -0.1) is 5.10 Å². The Labute approximate surface area is 181 Å². The lowest BCUT2D eigenvalue weighted by molar-refractivity contribution is -0.117. The summed E-state index contributed by atoms with van der Waals surface area (Å²) in [4.78, 5) is 32.0. The molecular formula is C20H19F2N7O3. The first kappa shape index (κ1) is 21.3. The van der Waals surface area contributed by atoms with Crippen LogP contribution in [0.5, 0.6) is 0 Å². The Morgan fingerprint density at radius 2 is 2.03 bits per heavy atom. The number of nitrogens with zero attached hydrogens (tertiary/aromatic N) is 5. The second-order valence-electron chi connectivity index (χ2n) is 7.25. The van der Waals surface area contributed by atoms with Gasteiger partial charge in [-0.2, -0.15) is 4.39 Å². The van der Waals surface area contributed by atoms with E-state index in [-0.39, 0.29) is 23.5 Å². The Kier molecular flexibility index (Phi) is 5.75. The molecule has 166 valence electrons. The highest BCUT2D eigenvalue weighted by Crippen LogP contribution is 2.34. The zero-order valence-electron chi connectivity index (χ0n) is 17.1. The van der Waals surface area contributed by atoms with Crippen molar-refractivity contribution in [1.29, 1.82) is 0 Å². The van der Waals surface area contributed by atoms with Crippen LogP contribution in [0, 0.1) is 11.9 Å². The average Bonchev–Trinajstić information content (AvgIpc) is 3.40. The van der Waals surface area contributed by atoms with Crippen molar-refractivity contribution in [2.45, 2.75) is 25.6 Å². The first-order valence-electron chi connectivity index (χ1n) is 9.72. The predicted octanol–water partition coefficient (Wildman–Crippen LogP) is 3.02. The number of carbonyl (C=O) groups excluding carboxylic acids is 2. The van der Waals surface area contributed by atoms with Gasteiger partial charge in [0.2, 0.25) is 11.9 Å². The maximum Gasteiger partial charge on any atom is 0.413 e. The average molecular weight is 443 g/mol. The Balaban J connectivity index is 1.44. The molecule has 2 N–H and O–H groups in total. The van der Waals surface area contributed by atoms with E-state index >= 15 is 0 Å². The van der Waals surface area contributed by atoms with Gasteiger partial charge in [0.05, 0.1) is 23.5 Å². The largest absolute Gasteiger partial charge is 0.441 e. The minimum atomic E-state index is -1.09. The van der Waals surface area contributed by atoms with Gasteiger partial charge < -0.3 is 10.1 Å². The smallest absolute Gasteiger partial charge is 0.413 e. The summed E-state index contributed by atoms with van der Waals surface area (Å²) in [6.45, 7) is 1.52. The number of hydrogen-bond acceptors (Lipinski definition) is 7. The zero-order chi connectivity index (χ0) is 22.8. The van der Waals surface area contributed by atoms with Gasteiger partial charge >= 0.3 is 6.09 Å². The Morgan fingerprint density at radius 3 is 2.69 bits per heavy atom. The van der Waals surface area contributed by atoms with Crippen LogP contribution < -0.4 is 10.6 Å². The fourth-order valence-corrected chi connectivity index (χ4v) is 3.00. The molecule has 0 spiro atoms. The first-order chi connectivity index (χ1) is 15.3. The van der Waals surface area contributed by atoms with Crippen molar-refractivity contribution in [1.82, 2.24) is 25.0 Å². The van der Waals surface area contributed by atoms with Crippen LogP contribution in [0.3, 0.4) is 0 Å². The maximum absolute atomic E-state index is 13.8. The van der Waals surface area contributed by atoms with E-state index in [9.17, 15) is 18.4 Å². The number of pyridine rings is 2. The van der Waals surface area contributed by atoms with E-state index in [1.165, 1.54) is 36.1 Å². The molecule has 0 unspecified atom stereocenters. The van der Waals surface area contributed by atoms with Crippen LogP contribution in [0.4, 0.5) is 25.1 Å². The molecule has 0 bridgehead atoms. The third-order valence-corrected chi connectivity index (χ3v) is 4.88. The van der Waals surface area contributed by atoms with Crippen LogP contribution in [-0.2, 0) is 16.6 Å². The van der Waals surface area contributed by atoms with Gasteiger partial charge in [-0.25, -0.2) is 18.9 Å². The van der Waals surface area contributed by atoms with E-state index < -0.39 is 36.1 Å². The molecule has 32 heavy (non-hydrogen) atoms. The van der Waals surface area contributed by atoms with Crippen molar-refractivity contribution < 1.29 is 23.1 Å². The highest BCUT2D eigenvalue weighted by atomic mass is 19.1. The van der Waals surface area contributed by atoms with E-state index in [0.29, 0.717) is 11.4 Å². The van der Waals surface area contributed by atoms with Gasteiger partial charge in [-0.3, -0.25) is 15.1 Å². The normalized spacial score (nSPS) is 18.0. The molecule has 0 aliphatic heterocycles. The highest BCUT2D eigenvalue weighted by molar-refractivity contribution is 5.95. The van der Waals surface area contributed by atoms with Gasteiger partial charge in [0.1, 0.15) is 12.3 Å². The molecule has 0 radical (unpaired) electrons. The van der Waals surface area contributed by atoms with Crippen molar-refractivity contribution in [2.75, 3.05) is 10.6 Å². The molecule has 1 aliphatic carbocycles. The number of carbonyl (C=O) groups is 2. The molecule has 12 heteroatoms. The Morgan fingerprint density at radius 1 is 1.25 bits per heavy atom. The monoisotopic (exact) mass is 443 g/mol. The second kappa shape index (κ2) is 8.65. The van der Waals surface area contributed by atoms with E-state index in [1.807, 2.05) is 0 Å². The molecule has 10 nitrogen and oxygen atoms in total. The number of aromatic nitrogens is 5. The van der Waals surface area contributed by atoms with Gasteiger partial charge in [0.25, 0.3) is 0 Å². The molecule has 0 aromatic carbocycles. The van der Waals surface area contributed by atoms with E-state index in [4.69, 9.17) is 4.74 Å². The molecule has 0 saturated heterocycles. The van der Waals surface area contributed by atoms with Gasteiger partial charge in [0.15, 0.2) is 11.5 Å². The topological polar surface area (TPSA) is 124 Å². The number of hydrogen-bond donors (Lipinski definition) is 2. The van der Waals surface area contributed by atoms with Crippen molar-refractivity contribution >= 4 is 23.5 Å². The summed E-state index contributed by atoms with van der Waals surface area (Å²) in [7, 11) is 1.56. The molecular weight excluding hydrogens is 424 g/mol. The summed E-state index contributed by atoms with van der Waals surface area (Å²) in [6, 6.07) is 6.17. The van der Waals surface area contributed by atoms with Crippen LogP contribution in [0.15, 0.2) is 36.7 Å². The summed E-state index contributed by atoms with van der Waals surface area (Å²) in [6.07, 6.45) is 0.104. The Hall–Kier alpha value is -3.96. The van der Waals surface area contributed by atoms with Crippen molar-refractivity contribution in [3.05, 3.63) is 48.2 Å². The lowest BCUT2D eigenvalue weighted by atomic mass is 10.2. The SMILES string of the molecule is C[C@@H](OC(=O)Nc1c(-c2ccc(NC(=O)[C@@H]3C[C@H]3F)cn2)nnn1C)c1cccnc1F. The summed E-state index contributed by atoms with van der Waals surface area (Å²) < 4.78 is 33.4. The highest BCUT2D eigenvalue weighted by Gasteiger charge is 2.43. The van der Waals surface area contributed by atoms with Crippen LogP contribution >= 0.6 is 0 Å². The molecule has 3 atom stereocenters. The van der Waals surface area contributed by atoms with Gasteiger partial charge in [-0.1, -0.05) is 5.21 Å². The van der Waals surface area contributed by atoms with Crippen molar-refractivity contribution in [3.8, 4) is 11.4 Å². The van der Waals surface area contributed by atoms with Crippen LogP contribution in [0.2, 0.25) is 0 Å². The summed E-state index contributed by atoms with van der Waals surface area (Å²) in [5.74, 6) is -1.53. The molecule has 3 heterocycles. The molecule has 1 aliphatic rings. The third-order valence-electron chi connectivity index (χ3n) is 4.88. The van der Waals surface area contributed by atoms with E-state index in [2.05, 4.69) is 30.9 Å². The van der Waals surface area contributed by atoms with Crippen molar-refractivity contribution in [2.24, 2.45) is 13.0 Å². The molecule has 1 fully saturated rings. The summed E-state index contributed by atoms with van der Waals surface area (Å²) in [5.41, 5.74) is 1.17. The van der Waals surface area contributed by atoms with E-state index in [1.54, 1.807) is 19.2 Å². The fraction of sp³-hybridized carbons (Fsp3) is 0.300. The third kappa shape index (κ3) is 4.53. The van der Waals surface area contributed by atoms with Crippen LogP contribution in [0.1, 0.15) is 25.0 Å².